The van der Waals surface area contributed by atoms with E-state index in [1.54, 1.807) is 4.57 Å². The normalized spacial score (nSPS) is 10.2. The quantitative estimate of drug-likeness (QED) is 0.509. The Morgan fingerprint density at radius 3 is 2.92 bits per heavy atom. The molecule has 0 saturated heterocycles. The van der Waals surface area contributed by atoms with Crippen LogP contribution >= 0.6 is 0 Å². The van der Waals surface area contributed by atoms with Gasteiger partial charge in [-0.2, -0.15) is 0 Å². The second kappa shape index (κ2) is 3.34. The van der Waals surface area contributed by atoms with E-state index < -0.39 is 4.92 Å². The molecule has 0 atom stereocenters. The zero-order valence-corrected chi connectivity index (χ0v) is 7.15. The van der Waals surface area contributed by atoms with Crippen LogP contribution in [0, 0.1) is 17.0 Å². The lowest BCUT2D eigenvalue weighted by atomic mass is 10.4. The van der Waals surface area contributed by atoms with Crippen molar-refractivity contribution in [2.75, 3.05) is 0 Å². The number of aryl methyl sites for hydroxylation is 1. The smallest absolute Gasteiger partial charge is 0.390 e. The van der Waals surface area contributed by atoms with E-state index in [1.165, 1.54) is 6.20 Å². The first-order chi connectivity index (χ1) is 5.66. The van der Waals surface area contributed by atoms with Crippen molar-refractivity contribution in [2.45, 2.75) is 26.8 Å². The predicted octanol–water partition coefficient (Wildman–Crippen LogP) is 1.51. The van der Waals surface area contributed by atoms with E-state index in [-0.39, 0.29) is 5.95 Å². The van der Waals surface area contributed by atoms with Crippen molar-refractivity contribution in [2.24, 2.45) is 0 Å². The highest BCUT2D eigenvalue weighted by molar-refractivity contribution is 5.13. The van der Waals surface area contributed by atoms with Crippen LogP contribution in [0.25, 0.3) is 0 Å². The van der Waals surface area contributed by atoms with Gasteiger partial charge < -0.3 is 10.1 Å². The number of imidazole rings is 1. The molecule has 5 nitrogen and oxygen atoms in total. The molecule has 0 spiro atoms. The van der Waals surface area contributed by atoms with Gasteiger partial charge in [0.2, 0.25) is 0 Å². The molecule has 0 aliphatic carbocycles. The summed E-state index contributed by atoms with van der Waals surface area (Å²) in [4.78, 5) is 13.7. The molecule has 0 bridgehead atoms. The molecule has 5 heteroatoms. The van der Waals surface area contributed by atoms with E-state index in [9.17, 15) is 10.1 Å². The van der Waals surface area contributed by atoms with E-state index in [4.69, 9.17) is 0 Å². The Bertz CT molecular complexity index is 293. The molecule has 0 N–H and O–H groups in total. The molecule has 0 fully saturated rings. The standard InChI is InChI=1S/C7H11N3O2/c1-3-4-9-6(2)5-8-7(9)10(11)12/h5H,3-4H2,1-2H3. The Morgan fingerprint density at radius 1 is 1.75 bits per heavy atom. The van der Waals surface area contributed by atoms with Gasteiger partial charge in [0, 0.05) is 0 Å². The molecule has 0 radical (unpaired) electrons. The summed E-state index contributed by atoms with van der Waals surface area (Å²) in [6.45, 7) is 4.45. The first kappa shape index (κ1) is 8.70. The highest BCUT2D eigenvalue weighted by atomic mass is 16.6. The summed E-state index contributed by atoms with van der Waals surface area (Å²) in [7, 11) is 0. The van der Waals surface area contributed by atoms with E-state index in [0.717, 1.165) is 12.1 Å². The van der Waals surface area contributed by atoms with Gasteiger partial charge in [0.25, 0.3) is 0 Å². The Morgan fingerprint density at radius 2 is 2.42 bits per heavy atom. The van der Waals surface area contributed by atoms with Crippen LogP contribution in [0.1, 0.15) is 19.0 Å². The van der Waals surface area contributed by atoms with Crippen LogP contribution in [-0.4, -0.2) is 14.5 Å². The van der Waals surface area contributed by atoms with Crippen molar-refractivity contribution in [3.05, 3.63) is 22.0 Å². The monoisotopic (exact) mass is 169 g/mol. The summed E-state index contributed by atoms with van der Waals surface area (Å²) in [6.07, 6.45) is 2.39. The molecule has 0 aromatic carbocycles. The summed E-state index contributed by atoms with van der Waals surface area (Å²) < 4.78 is 1.61. The van der Waals surface area contributed by atoms with Crippen LogP contribution < -0.4 is 0 Å². The van der Waals surface area contributed by atoms with Gasteiger partial charge in [-0.15, -0.1) is 0 Å². The van der Waals surface area contributed by atoms with Crippen LogP contribution in [0.4, 0.5) is 5.95 Å². The van der Waals surface area contributed by atoms with Crippen molar-refractivity contribution in [3.8, 4) is 0 Å². The maximum atomic E-state index is 10.4. The summed E-state index contributed by atoms with van der Waals surface area (Å²) in [6, 6.07) is 0. The van der Waals surface area contributed by atoms with E-state index in [2.05, 4.69) is 4.98 Å². The highest BCUT2D eigenvalue weighted by Crippen LogP contribution is 2.12. The number of nitrogens with zero attached hydrogens (tertiary/aromatic N) is 3. The number of rotatable bonds is 3. The highest BCUT2D eigenvalue weighted by Gasteiger charge is 2.16. The maximum Gasteiger partial charge on any atom is 0.434 e. The van der Waals surface area contributed by atoms with Gasteiger partial charge in [0.1, 0.15) is 11.9 Å². The molecule has 1 aromatic heterocycles. The fourth-order valence-corrected chi connectivity index (χ4v) is 1.09. The summed E-state index contributed by atoms with van der Waals surface area (Å²) >= 11 is 0. The number of aromatic nitrogens is 2. The lowest BCUT2D eigenvalue weighted by Gasteiger charge is -1.99. The third-order valence-corrected chi connectivity index (χ3v) is 1.64. The van der Waals surface area contributed by atoms with Gasteiger partial charge in [0.15, 0.2) is 0 Å². The number of hydrogen-bond donors (Lipinski definition) is 0. The van der Waals surface area contributed by atoms with Gasteiger partial charge in [-0.1, -0.05) is 11.9 Å². The fourth-order valence-electron chi connectivity index (χ4n) is 1.09. The second-order valence-corrected chi connectivity index (χ2v) is 2.61. The van der Waals surface area contributed by atoms with Crippen molar-refractivity contribution >= 4 is 5.95 Å². The van der Waals surface area contributed by atoms with E-state index >= 15 is 0 Å². The maximum absolute atomic E-state index is 10.4. The fraction of sp³-hybridized carbons (Fsp3) is 0.571. The van der Waals surface area contributed by atoms with Crippen LogP contribution in [0.3, 0.4) is 0 Å². The van der Waals surface area contributed by atoms with Crippen LogP contribution in [0.2, 0.25) is 0 Å². The summed E-state index contributed by atoms with van der Waals surface area (Å²) in [5, 5.41) is 10.4. The Labute approximate surface area is 70.2 Å². The lowest BCUT2D eigenvalue weighted by molar-refractivity contribution is -0.396. The van der Waals surface area contributed by atoms with Crippen molar-refractivity contribution in [1.29, 1.82) is 0 Å². The van der Waals surface area contributed by atoms with Gasteiger partial charge in [-0.05, 0) is 18.3 Å². The topological polar surface area (TPSA) is 61.0 Å². The minimum atomic E-state index is -0.456. The Hall–Kier alpha value is -1.39. The predicted molar refractivity (Wildman–Crippen MR) is 43.9 cm³/mol. The molecule has 0 amide bonds. The minimum absolute atomic E-state index is 0.0608. The molecule has 66 valence electrons. The van der Waals surface area contributed by atoms with E-state index in [1.807, 2.05) is 13.8 Å². The zero-order valence-electron chi connectivity index (χ0n) is 7.15. The van der Waals surface area contributed by atoms with Crippen LogP contribution in [0.5, 0.6) is 0 Å². The average molecular weight is 169 g/mol. The average Bonchev–Trinajstić information content (AvgIpc) is 2.34. The van der Waals surface area contributed by atoms with Crippen LogP contribution in [-0.2, 0) is 6.54 Å². The second-order valence-electron chi connectivity index (χ2n) is 2.61. The number of hydrogen-bond acceptors (Lipinski definition) is 3. The molecular weight excluding hydrogens is 158 g/mol. The van der Waals surface area contributed by atoms with Crippen LogP contribution in [0.15, 0.2) is 6.20 Å². The summed E-state index contributed by atoms with van der Waals surface area (Å²) in [5.74, 6) is -0.0608. The Kier molecular flexibility index (Phi) is 2.42. The van der Waals surface area contributed by atoms with E-state index in [0.29, 0.717) is 6.54 Å². The van der Waals surface area contributed by atoms with Gasteiger partial charge in [-0.25, -0.2) is 4.57 Å². The van der Waals surface area contributed by atoms with Gasteiger partial charge in [-0.3, -0.25) is 0 Å². The molecular formula is C7H11N3O2. The largest absolute Gasteiger partial charge is 0.434 e. The SMILES string of the molecule is CCCn1c(C)cnc1[N+](=O)[O-]. The van der Waals surface area contributed by atoms with Crippen molar-refractivity contribution in [1.82, 2.24) is 9.55 Å². The number of nitro groups is 1. The molecule has 0 unspecified atom stereocenters. The molecule has 0 saturated carbocycles. The molecule has 1 rings (SSSR count). The van der Waals surface area contributed by atoms with Crippen molar-refractivity contribution in [3.63, 3.8) is 0 Å². The summed E-state index contributed by atoms with van der Waals surface area (Å²) in [5.41, 5.74) is 0.837. The third-order valence-electron chi connectivity index (χ3n) is 1.64. The molecule has 0 aliphatic rings. The first-order valence-corrected chi connectivity index (χ1v) is 3.83. The zero-order chi connectivity index (χ0) is 9.14. The van der Waals surface area contributed by atoms with Gasteiger partial charge >= 0.3 is 5.95 Å². The molecule has 1 aromatic rings. The van der Waals surface area contributed by atoms with Gasteiger partial charge in [0.05, 0.1) is 6.54 Å². The molecule has 0 aliphatic heterocycles. The molecule has 12 heavy (non-hydrogen) atoms. The lowest BCUT2D eigenvalue weighted by Crippen LogP contribution is -2.04. The molecule has 1 heterocycles. The van der Waals surface area contributed by atoms with Crippen molar-refractivity contribution < 1.29 is 4.92 Å². The Balaban J connectivity index is 3.03. The minimum Gasteiger partial charge on any atom is -0.390 e. The first-order valence-electron chi connectivity index (χ1n) is 3.83. The third kappa shape index (κ3) is 1.44.